The quantitative estimate of drug-likeness (QED) is 0.433. The smallest absolute Gasteiger partial charge is 0.0837 e. The molecule has 0 radical (unpaired) electrons. The maximum atomic E-state index is 5.85. The largest absolute Gasteiger partial charge is 0.190 e. The van der Waals surface area contributed by atoms with Crippen LogP contribution in [0.25, 0.3) is 0 Å². The van der Waals surface area contributed by atoms with Gasteiger partial charge in [0.2, 0.25) is 0 Å². The first-order chi connectivity index (χ1) is 9.94. The number of hydrogen-bond acceptors (Lipinski definition) is 0. The first kappa shape index (κ1) is 21.4. The lowest BCUT2D eigenvalue weighted by atomic mass is 10.0. The summed E-state index contributed by atoms with van der Waals surface area (Å²) in [6.45, 7) is 0. The van der Waals surface area contributed by atoms with Crippen molar-refractivity contribution in [2.45, 2.75) is 44.4 Å². The van der Waals surface area contributed by atoms with Crippen molar-refractivity contribution in [2.24, 2.45) is 0 Å². The first-order valence-electron chi connectivity index (χ1n) is 7.16. The number of rotatable bonds is 6. The molecule has 0 saturated heterocycles. The Morgan fingerprint density at radius 1 is 0.682 bits per heavy atom. The Morgan fingerprint density at radius 3 is 1.18 bits per heavy atom. The summed E-state index contributed by atoms with van der Waals surface area (Å²) < 4.78 is -2.30. The third-order valence-electron chi connectivity index (χ3n) is 3.35. The minimum Gasteiger partial charge on any atom is -0.0837 e. The fraction of sp³-hybridized carbons (Fsp3) is 0.571. The summed E-state index contributed by atoms with van der Waals surface area (Å²) in [4.78, 5) is 0. The Balaban J connectivity index is 2.53. The molecule has 0 aromatic heterocycles. The molecular weight excluding hydrogens is 437 g/mol. The zero-order valence-corrected chi connectivity index (χ0v) is 21.1. The van der Waals surface area contributed by atoms with E-state index in [-0.39, 0.29) is 0 Å². The number of hydrogen-bond donors (Lipinski definition) is 0. The minimum absolute atomic E-state index is 0.453. The second kappa shape index (κ2) is 9.19. The van der Waals surface area contributed by atoms with Gasteiger partial charge in [-0.05, 0) is 47.9 Å². The predicted molar refractivity (Wildman–Crippen MR) is 111 cm³/mol. The Kier molecular flexibility index (Phi) is 8.96. The summed E-state index contributed by atoms with van der Waals surface area (Å²) in [5.74, 6) is 0. The fourth-order valence-electron chi connectivity index (χ4n) is 2.55. The minimum atomic E-state index is -1.15. The summed E-state index contributed by atoms with van der Waals surface area (Å²) in [5, 5.41) is 0. The molecule has 0 heterocycles. The van der Waals surface area contributed by atoms with Crippen LogP contribution in [-0.4, -0.2) is 28.1 Å². The molecule has 1 aromatic rings. The standard InChI is InChI=1S/C14H20Cl6Si2/c15-13(16,17)7-11(21)5-9-1-2-10(4-3-9)6-12(22)8-14(18,19)20/h1-4,11-12H,5-8H2,21-22H3. The maximum absolute atomic E-state index is 5.85. The van der Waals surface area contributed by atoms with Gasteiger partial charge < -0.3 is 0 Å². The summed E-state index contributed by atoms with van der Waals surface area (Å²) in [7, 11) is 2.01. The molecule has 0 aliphatic heterocycles. The van der Waals surface area contributed by atoms with Crippen LogP contribution in [0, 0.1) is 0 Å². The molecule has 22 heavy (non-hydrogen) atoms. The molecule has 1 rings (SSSR count). The van der Waals surface area contributed by atoms with Crippen molar-refractivity contribution in [3.05, 3.63) is 35.4 Å². The van der Waals surface area contributed by atoms with Crippen molar-refractivity contribution < 1.29 is 0 Å². The third-order valence-corrected chi connectivity index (χ3v) is 5.91. The van der Waals surface area contributed by atoms with Crippen molar-refractivity contribution in [1.82, 2.24) is 0 Å². The Labute approximate surface area is 169 Å². The van der Waals surface area contributed by atoms with E-state index in [0.717, 1.165) is 33.3 Å². The highest BCUT2D eigenvalue weighted by atomic mass is 35.6. The van der Waals surface area contributed by atoms with Crippen LogP contribution in [0.5, 0.6) is 0 Å². The normalized spacial score (nSPS) is 15.9. The van der Waals surface area contributed by atoms with E-state index in [4.69, 9.17) is 69.6 Å². The molecule has 2 atom stereocenters. The summed E-state index contributed by atoms with van der Waals surface area (Å²) in [5.41, 5.74) is 3.47. The van der Waals surface area contributed by atoms with Crippen molar-refractivity contribution in [2.75, 3.05) is 0 Å². The summed E-state index contributed by atoms with van der Waals surface area (Å²) >= 11 is 35.1. The number of alkyl halides is 6. The van der Waals surface area contributed by atoms with Gasteiger partial charge in [-0.15, -0.1) is 0 Å². The Morgan fingerprint density at radius 2 is 0.955 bits per heavy atom. The molecule has 0 fully saturated rings. The van der Waals surface area contributed by atoms with Gasteiger partial charge in [-0.25, -0.2) is 0 Å². The van der Waals surface area contributed by atoms with Crippen LogP contribution in [0.4, 0.5) is 0 Å². The highest BCUT2D eigenvalue weighted by Gasteiger charge is 2.24. The SMILES string of the molecule is [SiH3]C(Cc1ccc(CC([SiH3])CC(Cl)(Cl)Cl)cc1)CC(Cl)(Cl)Cl. The first-order valence-corrected chi connectivity index (χ1v) is 11.7. The lowest BCUT2D eigenvalue weighted by Crippen LogP contribution is -2.10. The van der Waals surface area contributed by atoms with E-state index in [1.165, 1.54) is 11.1 Å². The topological polar surface area (TPSA) is 0 Å². The molecule has 0 aliphatic carbocycles. The van der Waals surface area contributed by atoms with Crippen LogP contribution >= 0.6 is 69.6 Å². The van der Waals surface area contributed by atoms with Crippen molar-refractivity contribution in [3.63, 3.8) is 0 Å². The van der Waals surface area contributed by atoms with E-state index >= 15 is 0 Å². The third kappa shape index (κ3) is 10.3. The number of halogens is 6. The molecule has 0 saturated carbocycles. The molecular formula is C14H20Cl6Si2. The van der Waals surface area contributed by atoms with E-state index < -0.39 is 7.59 Å². The van der Waals surface area contributed by atoms with Gasteiger partial charge in [0, 0.05) is 20.5 Å². The van der Waals surface area contributed by atoms with Crippen molar-refractivity contribution in [3.8, 4) is 0 Å². The van der Waals surface area contributed by atoms with Gasteiger partial charge in [-0.1, -0.05) is 93.9 Å². The zero-order valence-electron chi connectivity index (χ0n) is 12.6. The van der Waals surface area contributed by atoms with Crippen molar-refractivity contribution in [1.29, 1.82) is 0 Å². The molecule has 1 aromatic carbocycles. The van der Waals surface area contributed by atoms with Gasteiger partial charge in [0.25, 0.3) is 0 Å². The van der Waals surface area contributed by atoms with E-state index in [1.54, 1.807) is 0 Å². The predicted octanol–water partition coefficient (Wildman–Crippen LogP) is 4.60. The molecule has 0 nitrogen and oxygen atoms in total. The Bertz CT molecular complexity index is 409. The lowest BCUT2D eigenvalue weighted by Gasteiger charge is -2.18. The van der Waals surface area contributed by atoms with Crippen LogP contribution in [0.1, 0.15) is 24.0 Å². The van der Waals surface area contributed by atoms with E-state index in [1.807, 2.05) is 0 Å². The highest BCUT2D eigenvalue weighted by molar-refractivity contribution is 6.68. The fourth-order valence-corrected chi connectivity index (χ4v) is 7.85. The second-order valence-corrected chi connectivity index (χ2v) is 14.4. The van der Waals surface area contributed by atoms with Gasteiger partial charge in [-0.3, -0.25) is 0 Å². The van der Waals surface area contributed by atoms with E-state index in [2.05, 4.69) is 24.3 Å². The Hall–Kier alpha value is 1.39. The molecule has 0 spiro atoms. The summed E-state index contributed by atoms with van der Waals surface area (Å²) in [6, 6.07) is 8.62. The molecule has 0 amide bonds. The molecule has 8 heteroatoms. The molecule has 0 bridgehead atoms. The lowest BCUT2D eigenvalue weighted by molar-refractivity contribution is 0.742. The second-order valence-electron chi connectivity index (χ2n) is 6.07. The van der Waals surface area contributed by atoms with Gasteiger partial charge in [0.1, 0.15) is 0 Å². The zero-order chi connectivity index (χ0) is 17.0. The van der Waals surface area contributed by atoms with Crippen molar-refractivity contribution >= 4 is 90.1 Å². The van der Waals surface area contributed by atoms with Gasteiger partial charge in [0.05, 0.1) is 0 Å². The van der Waals surface area contributed by atoms with Gasteiger partial charge in [0.15, 0.2) is 7.59 Å². The van der Waals surface area contributed by atoms with Crippen LogP contribution in [0.15, 0.2) is 24.3 Å². The average Bonchev–Trinajstić information content (AvgIpc) is 2.26. The molecule has 0 aliphatic rings. The van der Waals surface area contributed by atoms with Crippen LogP contribution in [-0.2, 0) is 12.8 Å². The van der Waals surface area contributed by atoms with Gasteiger partial charge >= 0.3 is 0 Å². The van der Waals surface area contributed by atoms with Crippen LogP contribution in [0.3, 0.4) is 0 Å². The monoisotopic (exact) mass is 454 g/mol. The van der Waals surface area contributed by atoms with E-state index in [9.17, 15) is 0 Å². The average molecular weight is 457 g/mol. The molecule has 2 unspecified atom stereocenters. The summed E-state index contributed by atoms with van der Waals surface area (Å²) in [6.07, 6.45) is 3.13. The molecule has 126 valence electrons. The van der Waals surface area contributed by atoms with E-state index in [0.29, 0.717) is 23.9 Å². The van der Waals surface area contributed by atoms with Crippen LogP contribution < -0.4 is 0 Å². The maximum Gasteiger partial charge on any atom is 0.190 e. The number of benzene rings is 1. The molecule has 0 N–H and O–H groups in total. The van der Waals surface area contributed by atoms with Gasteiger partial charge in [-0.2, -0.15) is 0 Å². The van der Waals surface area contributed by atoms with Crippen LogP contribution in [0.2, 0.25) is 11.1 Å². The highest BCUT2D eigenvalue weighted by Crippen LogP contribution is 2.37.